The molecule has 0 radical (unpaired) electrons. The summed E-state index contributed by atoms with van der Waals surface area (Å²) in [6.45, 7) is 0.428. The highest BCUT2D eigenvalue weighted by Crippen LogP contribution is 2.38. The first-order chi connectivity index (χ1) is 10.6. The lowest BCUT2D eigenvalue weighted by atomic mass is 10.00. The second-order valence-corrected chi connectivity index (χ2v) is 6.05. The van der Waals surface area contributed by atoms with Crippen LogP contribution in [0.5, 0.6) is 0 Å². The minimum Gasteiger partial charge on any atom is -0.481 e. The molecule has 2 aromatic rings. The van der Waals surface area contributed by atoms with Gasteiger partial charge in [-0.25, -0.2) is 0 Å². The number of carbonyl (C=O) groups excluding carboxylic acids is 1. The topological polar surface area (TPSA) is 71.3 Å². The Morgan fingerprint density at radius 2 is 2.09 bits per heavy atom. The second kappa shape index (κ2) is 5.83. The average molecular weight is 300 g/mol. The Balaban J connectivity index is 1.70. The Kier molecular flexibility index (Phi) is 3.88. The number of carboxylic acid groups (broad SMARTS) is 1. The molecule has 0 spiro atoms. The number of hydrogen-bond acceptors (Lipinski definition) is 2. The molecule has 1 aromatic heterocycles. The van der Waals surface area contributed by atoms with E-state index in [9.17, 15) is 9.59 Å². The van der Waals surface area contributed by atoms with Gasteiger partial charge in [0.1, 0.15) is 5.69 Å². The number of amides is 1. The minimum absolute atomic E-state index is 0.0381. The first-order valence-corrected chi connectivity index (χ1v) is 7.60. The fraction of sp³-hybridized carbons (Fsp3) is 0.412. The number of rotatable bonds is 6. The van der Waals surface area contributed by atoms with Gasteiger partial charge in [-0.15, -0.1) is 0 Å². The number of carboxylic acids is 1. The van der Waals surface area contributed by atoms with E-state index in [0.29, 0.717) is 18.2 Å². The SMILES string of the molecule is Cn1c(C(=O)NCC(CC(=O)O)C2CC2)cc2ccccc21. The van der Waals surface area contributed by atoms with E-state index in [1.54, 1.807) is 0 Å². The van der Waals surface area contributed by atoms with Crippen LogP contribution in [0.3, 0.4) is 0 Å². The maximum Gasteiger partial charge on any atom is 0.303 e. The van der Waals surface area contributed by atoms with Gasteiger partial charge in [-0.2, -0.15) is 0 Å². The first-order valence-electron chi connectivity index (χ1n) is 7.60. The maximum atomic E-state index is 12.4. The molecule has 1 heterocycles. The molecule has 1 aliphatic rings. The standard InChI is InChI=1S/C17H20N2O3/c1-19-14-5-3-2-4-12(14)8-15(19)17(22)18-10-13(9-16(20)21)11-6-7-11/h2-5,8,11,13H,6-7,9-10H2,1H3,(H,18,22)(H,20,21). The van der Waals surface area contributed by atoms with Gasteiger partial charge in [-0.1, -0.05) is 18.2 Å². The Morgan fingerprint density at radius 1 is 1.36 bits per heavy atom. The third kappa shape index (κ3) is 2.98. The van der Waals surface area contributed by atoms with Gasteiger partial charge in [0.25, 0.3) is 5.91 Å². The van der Waals surface area contributed by atoms with Crippen molar-refractivity contribution in [3.63, 3.8) is 0 Å². The van der Waals surface area contributed by atoms with Crippen LogP contribution in [0.4, 0.5) is 0 Å². The van der Waals surface area contributed by atoms with E-state index < -0.39 is 5.97 Å². The highest BCUT2D eigenvalue weighted by Gasteiger charge is 2.32. The lowest BCUT2D eigenvalue weighted by molar-refractivity contribution is -0.138. The maximum absolute atomic E-state index is 12.4. The summed E-state index contributed by atoms with van der Waals surface area (Å²) < 4.78 is 1.87. The third-order valence-electron chi connectivity index (χ3n) is 4.43. The molecule has 0 bridgehead atoms. The molecule has 1 saturated carbocycles. The van der Waals surface area contributed by atoms with Crippen molar-refractivity contribution in [1.29, 1.82) is 0 Å². The number of hydrogen-bond donors (Lipinski definition) is 2. The normalized spacial score (nSPS) is 15.7. The molecule has 22 heavy (non-hydrogen) atoms. The molecule has 0 saturated heterocycles. The molecule has 1 unspecified atom stereocenters. The van der Waals surface area contributed by atoms with Crippen molar-refractivity contribution in [1.82, 2.24) is 9.88 Å². The molecule has 0 aliphatic heterocycles. The van der Waals surface area contributed by atoms with Crippen LogP contribution < -0.4 is 5.32 Å². The number of fused-ring (bicyclic) bond motifs is 1. The number of aryl methyl sites for hydroxylation is 1. The Morgan fingerprint density at radius 3 is 2.73 bits per heavy atom. The quantitative estimate of drug-likeness (QED) is 0.860. The fourth-order valence-corrected chi connectivity index (χ4v) is 3.02. The molecule has 1 fully saturated rings. The Bertz CT molecular complexity index is 716. The molecule has 1 amide bonds. The van der Waals surface area contributed by atoms with Crippen LogP contribution in [-0.2, 0) is 11.8 Å². The van der Waals surface area contributed by atoms with Crippen LogP contribution in [-0.4, -0.2) is 28.1 Å². The first kappa shape index (κ1) is 14.6. The number of aliphatic carboxylic acids is 1. The van der Waals surface area contributed by atoms with Crippen LogP contribution in [0.2, 0.25) is 0 Å². The predicted octanol–water partition coefficient (Wildman–Crippen LogP) is 2.41. The van der Waals surface area contributed by atoms with E-state index in [0.717, 1.165) is 23.7 Å². The van der Waals surface area contributed by atoms with Gasteiger partial charge in [0, 0.05) is 24.5 Å². The summed E-state index contributed by atoms with van der Waals surface area (Å²) in [7, 11) is 1.87. The molecular weight excluding hydrogens is 280 g/mol. The smallest absolute Gasteiger partial charge is 0.303 e. The number of benzene rings is 1. The van der Waals surface area contributed by atoms with Gasteiger partial charge in [-0.3, -0.25) is 9.59 Å². The summed E-state index contributed by atoms with van der Waals surface area (Å²) in [5.41, 5.74) is 1.61. The predicted molar refractivity (Wildman–Crippen MR) is 83.7 cm³/mol. The molecule has 2 N–H and O–H groups in total. The van der Waals surface area contributed by atoms with E-state index in [-0.39, 0.29) is 18.2 Å². The molecule has 1 aromatic carbocycles. The fourth-order valence-electron chi connectivity index (χ4n) is 3.02. The molecule has 5 nitrogen and oxygen atoms in total. The Labute approximate surface area is 128 Å². The molecular formula is C17H20N2O3. The summed E-state index contributed by atoms with van der Waals surface area (Å²) in [5.74, 6) is -0.453. The highest BCUT2D eigenvalue weighted by molar-refractivity contribution is 5.98. The van der Waals surface area contributed by atoms with Gasteiger partial charge >= 0.3 is 5.97 Å². The van der Waals surface area contributed by atoms with Crippen LogP contribution in [0, 0.1) is 11.8 Å². The molecule has 3 rings (SSSR count). The summed E-state index contributed by atoms with van der Waals surface area (Å²) in [6, 6.07) is 9.71. The van der Waals surface area contributed by atoms with Crippen molar-refractivity contribution in [3.8, 4) is 0 Å². The van der Waals surface area contributed by atoms with E-state index in [4.69, 9.17) is 5.11 Å². The van der Waals surface area contributed by atoms with E-state index in [1.165, 1.54) is 0 Å². The van der Waals surface area contributed by atoms with E-state index in [2.05, 4.69) is 5.32 Å². The van der Waals surface area contributed by atoms with Gasteiger partial charge < -0.3 is 15.0 Å². The second-order valence-electron chi connectivity index (χ2n) is 6.05. The van der Waals surface area contributed by atoms with Crippen molar-refractivity contribution < 1.29 is 14.7 Å². The lowest BCUT2D eigenvalue weighted by Gasteiger charge is -2.15. The third-order valence-corrected chi connectivity index (χ3v) is 4.43. The van der Waals surface area contributed by atoms with E-state index in [1.807, 2.05) is 41.9 Å². The van der Waals surface area contributed by atoms with Crippen LogP contribution in [0.1, 0.15) is 29.8 Å². The molecule has 116 valence electrons. The van der Waals surface area contributed by atoms with Crippen molar-refractivity contribution >= 4 is 22.8 Å². The minimum atomic E-state index is -0.796. The molecule has 1 aliphatic carbocycles. The van der Waals surface area contributed by atoms with E-state index >= 15 is 0 Å². The van der Waals surface area contributed by atoms with Crippen LogP contribution >= 0.6 is 0 Å². The van der Waals surface area contributed by atoms with Crippen molar-refractivity contribution in [2.75, 3.05) is 6.54 Å². The zero-order valence-electron chi connectivity index (χ0n) is 12.6. The number of carbonyl (C=O) groups is 2. The highest BCUT2D eigenvalue weighted by atomic mass is 16.4. The zero-order chi connectivity index (χ0) is 15.7. The van der Waals surface area contributed by atoms with Gasteiger partial charge in [-0.05, 0) is 36.8 Å². The van der Waals surface area contributed by atoms with Gasteiger partial charge in [0.15, 0.2) is 0 Å². The largest absolute Gasteiger partial charge is 0.481 e. The summed E-state index contributed by atoms with van der Waals surface area (Å²) in [4.78, 5) is 23.3. The summed E-state index contributed by atoms with van der Waals surface area (Å²) in [5, 5.41) is 12.9. The number of para-hydroxylation sites is 1. The number of nitrogens with one attached hydrogen (secondary N) is 1. The number of aromatic nitrogens is 1. The monoisotopic (exact) mass is 300 g/mol. The average Bonchev–Trinajstić information content (AvgIpc) is 3.28. The summed E-state index contributed by atoms with van der Waals surface area (Å²) in [6.07, 6.45) is 2.27. The van der Waals surface area contributed by atoms with Crippen molar-refractivity contribution in [3.05, 3.63) is 36.0 Å². The Hall–Kier alpha value is -2.30. The van der Waals surface area contributed by atoms with Gasteiger partial charge in [0.05, 0.1) is 6.42 Å². The van der Waals surface area contributed by atoms with Crippen LogP contribution in [0.15, 0.2) is 30.3 Å². The lowest BCUT2D eigenvalue weighted by Crippen LogP contribution is -2.32. The number of nitrogens with zero attached hydrogens (tertiary/aromatic N) is 1. The summed E-state index contributed by atoms with van der Waals surface area (Å²) >= 11 is 0. The molecule has 1 atom stereocenters. The van der Waals surface area contributed by atoms with Crippen molar-refractivity contribution in [2.45, 2.75) is 19.3 Å². The van der Waals surface area contributed by atoms with Crippen LogP contribution in [0.25, 0.3) is 10.9 Å². The zero-order valence-corrected chi connectivity index (χ0v) is 12.6. The van der Waals surface area contributed by atoms with Crippen molar-refractivity contribution in [2.24, 2.45) is 18.9 Å². The van der Waals surface area contributed by atoms with Gasteiger partial charge in [0.2, 0.25) is 0 Å². The molecule has 5 heteroatoms.